The number of benzene rings is 4. The fourth-order valence-electron chi connectivity index (χ4n) is 5.30. The van der Waals surface area contributed by atoms with Crippen molar-refractivity contribution in [2.45, 2.75) is 38.2 Å². The van der Waals surface area contributed by atoms with E-state index in [-0.39, 0.29) is 18.0 Å². The molecule has 0 saturated heterocycles. The molecule has 2 heterocycles. The Morgan fingerprint density at radius 3 is 2.46 bits per heavy atom. The highest BCUT2D eigenvalue weighted by molar-refractivity contribution is 5.88. The van der Waals surface area contributed by atoms with Gasteiger partial charge in [0.25, 0.3) is 0 Å². The van der Waals surface area contributed by atoms with E-state index < -0.39 is 0 Å². The molecule has 0 bridgehead atoms. The van der Waals surface area contributed by atoms with Crippen LogP contribution in [0.15, 0.2) is 103 Å². The van der Waals surface area contributed by atoms with Crippen LogP contribution in [0.4, 0.5) is 0 Å². The molecular formula is C33H32N4O2. The molecular weight excluding hydrogens is 484 g/mol. The van der Waals surface area contributed by atoms with Gasteiger partial charge in [-0.15, -0.1) is 0 Å². The zero-order chi connectivity index (χ0) is 26.6. The number of rotatable bonds is 8. The Bertz CT molecular complexity index is 1580. The van der Waals surface area contributed by atoms with Crippen molar-refractivity contribution in [3.63, 3.8) is 0 Å². The van der Waals surface area contributed by atoms with E-state index in [2.05, 4.69) is 52.0 Å². The summed E-state index contributed by atoms with van der Waals surface area (Å²) in [4.78, 5) is 17.1. The minimum Gasteiger partial charge on any atom is -0.489 e. The maximum Gasteiger partial charge on any atom is 0.237 e. The molecule has 6 nitrogen and oxygen atoms in total. The number of amides is 1. The summed E-state index contributed by atoms with van der Waals surface area (Å²) in [5, 5.41) is 7.92. The van der Waals surface area contributed by atoms with Crippen LogP contribution in [0.5, 0.6) is 5.75 Å². The molecule has 39 heavy (non-hydrogen) atoms. The summed E-state index contributed by atoms with van der Waals surface area (Å²) in [6.45, 7) is 1.47. The topological polar surface area (TPSA) is 92.2 Å². The molecule has 0 saturated carbocycles. The maximum absolute atomic E-state index is 13.4. The number of carbonyl (C=O) groups excluding carboxylic acids is 1. The van der Waals surface area contributed by atoms with Crippen LogP contribution in [0, 0.1) is 0 Å². The lowest BCUT2D eigenvalue weighted by Crippen LogP contribution is -2.49. The van der Waals surface area contributed by atoms with E-state index in [1.165, 1.54) is 5.56 Å². The number of ether oxygens (including phenoxy) is 1. The summed E-state index contributed by atoms with van der Waals surface area (Å²) in [6, 6.07) is 34.0. The number of fused-ring (bicyclic) bond motifs is 3. The lowest BCUT2D eigenvalue weighted by Gasteiger charge is -2.31. The SMILES string of the molecule is NCc1ccc(CNC(=O)C2Cc3c([nH]c4ccccc34)C(c3cccc(OCc4ccccc4)c3)N2)cc1. The van der Waals surface area contributed by atoms with Gasteiger partial charge in [0.1, 0.15) is 12.4 Å². The fraction of sp³-hybridized carbons (Fsp3) is 0.182. The van der Waals surface area contributed by atoms with Gasteiger partial charge >= 0.3 is 0 Å². The van der Waals surface area contributed by atoms with Crippen molar-refractivity contribution in [2.75, 3.05) is 0 Å². The second-order valence-corrected chi connectivity index (χ2v) is 10.0. The van der Waals surface area contributed by atoms with Crippen LogP contribution < -0.4 is 21.1 Å². The molecule has 2 atom stereocenters. The first-order valence-corrected chi connectivity index (χ1v) is 13.4. The van der Waals surface area contributed by atoms with E-state index in [9.17, 15) is 4.79 Å². The molecule has 4 aromatic carbocycles. The molecule has 2 unspecified atom stereocenters. The normalized spacial score (nSPS) is 16.5. The number of nitrogens with one attached hydrogen (secondary N) is 3. The quantitative estimate of drug-likeness (QED) is 0.230. The summed E-state index contributed by atoms with van der Waals surface area (Å²) in [5.41, 5.74) is 13.3. The van der Waals surface area contributed by atoms with Gasteiger partial charge in [-0.25, -0.2) is 0 Å². The van der Waals surface area contributed by atoms with E-state index in [1.54, 1.807) is 0 Å². The predicted molar refractivity (Wildman–Crippen MR) is 154 cm³/mol. The highest BCUT2D eigenvalue weighted by Crippen LogP contribution is 2.36. The minimum absolute atomic E-state index is 0.0182. The number of aromatic nitrogens is 1. The Morgan fingerprint density at radius 2 is 1.64 bits per heavy atom. The van der Waals surface area contributed by atoms with Crippen molar-refractivity contribution in [1.29, 1.82) is 0 Å². The van der Waals surface area contributed by atoms with Crippen LogP contribution in [0.25, 0.3) is 10.9 Å². The number of carbonyl (C=O) groups is 1. The Hall–Kier alpha value is -4.39. The number of hydrogen-bond donors (Lipinski definition) is 4. The van der Waals surface area contributed by atoms with Crippen molar-refractivity contribution < 1.29 is 9.53 Å². The van der Waals surface area contributed by atoms with Gasteiger partial charge < -0.3 is 20.8 Å². The van der Waals surface area contributed by atoms with Crippen LogP contribution in [0.3, 0.4) is 0 Å². The third kappa shape index (κ3) is 5.43. The van der Waals surface area contributed by atoms with E-state index in [0.717, 1.165) is 44.6 Å². The number of H-pyrrole nitrogens is 1. The number of nitrogens with two attached hydrogens (primary N) is 1. The average molecular weight is 517 g/mol. The Morgan fingerprint density at radius 1 is 0.872 bits per heavy atom. The van der Waals surface area contributed by atoms with Gasteiger partial charge in [0.15, 0.2) is 0 Å². The van der Waals surface area contributed by atoms with Crippen LogP contribution in [-0.4, -0.2) is 16.9 Å². The lowest BCUT2D eigenvalue weighted by molar-refractivity contribution is -0.123. The number of hydrogen-bond acceptors (Lipinski definition) is 4. The summed E-state index contributed by atoms with van der Waals surface area (Å²) < 4.78 is 6.12. The Kier molecular flexibility index (Phi) is 7.13. The standard InChI is InChI=1S/C33H32N4O2/c34-19-22-13-15-23(16-14-22)20-35-33(38)30-18-28-27-11-4-5-12-29(27)36-32(28)31(37-30)25-9-6-10-26(17-25)39-21-24-7-2-1-3-8-24/h1-17,30-31,36-37H,18-21,34H2,(H,35,38). The molecule has 6 heteroatoms. The highest BCUT2D eigenvalue weighted by Gasteiger charge is 2.34. The monoisotopic (exact) mass is 516 g/mol. The van der Waals surface area contributed by atoms with Gasteiger partial charge in [-0.3, -0.25) is 10.1 Å². The molecule has 0 fully saturated rings. The van der Waals surface area contributed by atoms with Gasteiger partial charge in [0, 0.05) is 29.7 Å². The largest absolute Gasteiger partial charge is 0.489 e. The first kappa shape index (κ1) is 24.9. The molecule has 1 aliphatic heterocycles. The van der Waals surface area contributed by atoms with Crippen molar-refractivity contribution in [2.24, 2.45) is 5.73 Å². The van der Waals surface area contributed by atoms with Crippen LogP contribution in [0.2, 0.25) is 0 Å². The van der Waals surface area contributed by atoms with Gasteiger partial charge in [0.2, 0.25) is 5.91 Å². The van der Waals surface area contributed by atoms with Crippen molar-refractivity contribution >= 4 is 16.8 Å². The van der Waals surface area contributed by atoms with Crippen LogP contribution >= 0.6 is 0 Å². The van der Waals surface area contributed by atoms with E-state index in [4.69, 9.17) is 10.5 Å². The molecule has 5 N–H and O–H groups in total. The third-order valence-electron chi connectivity index (χ3n) is 7.39. The second kappa shape index (κ2) is 11.2. The van der Waals surface area contributed by atoms with Gasteiger partial charge in [-0.1, -0.05) is 84.9 Å². The predicted octanol–water partition coefficient (Wildman–Crippen LogP) is 5.13. The summed E-state index contributed by atoms with van der Waals surface area (Å²) in [6.07, 6.45) is 0.609. The Labute approximate surface area is 228 Å². The third-order valence-corrected chi connectivity index (χ3v) is 7.39. The smallest absolute Gasteiger partial charge is 0.237 e. The van der Waals surface area contributed by atoms with Crippen molar-refractivity contribution in [3.05, 3.63) is 137 Å². The molecule has 0 radical (unpaired) electrons. The minimum atomic E-state index is -0.376. The van der Waals surface area contributed by atoms with Gasteiger partial charge in [-0.05, 0) is 52.4 Å². The number of para-hydroxylation sites is 1. The molecule has 0 aliphatic carbocycles. The van der Waals surface area contributed by atoms with E-state index in [0.29, 0.717) is 26.1 Å². The van der Waals surface area contributed by atoms with Gasteiger partial charge in [-0.2, -0.15) is 0 Å². The summed E-state index contributed by atoms with van der Waals surface area (Å²) in [5.74, 6) is 0.777. The molecule has 196 valence electrons. The van der Waals surface area contributed by atoms with E-state index >= 15 is 0 Å². The second-order valence-electron chi connectivity index (χ2n) is 10.0. The zero-order valence-corrected chi connectivity index (χ0v) is 21.7. The first-order chi connectivity index (χ1) is 19.2. The molecule has 5 aromatic rings. The van der Waals surface area contributed by atoms with Crippen molar-refractivity contribution in [1.82, 2.24) is 15.6 Å². The maximum atomic E-state index is 13.4. The Balaban J connectivity index is 1.25. The van der Waals surface area contributed by atoms with Crippen LogP contribution in [-0.2, 0) is 30.9 Å². The fourth-order valence-corrected chi connectivity index (χ4v) is 5.30. The number of aromatic amines is 1. The molecule has 6 rings (SSSR count). The zero-order valence-electron chi connectivity index (χ0n) is 21.7. The van der Waals surface area contributed by atoms with Gasteiger partial charge in [0.05, 0.1) is 12.1 Å². The highest BCUT2D eigenvalue weighted by atomic mass is 16.5. The average Bonchev–Trinajstić information content (AvgIpc) is 3.38. The van der Waals surface area contributed by atoms with Crippen LogP contribution in [0.1, 0.15) is 39.6 Å². The molecule has 1 aromatic heterocycles. The summed E-state index contributed by atoms with van der Waals surface area (Å²) >= 11 is 0. The lowest BCUT2D eigenvalue weighted by atomic mass is 9.90. The molecule has 1 amide bonds. The van der Waals surface area contributed by atoms with E-state index in [1.807, 2.05) is 66.7 Å². The summed E-state index contributed by atoms with van der Waals surface area (Å²) in [7, 11) is 0. The molecule has 0 spiro atoms. The van der Waals surface area contributed by atoms with Crippen molar-refractivity contribution in [3.8, 4) is 5.75 Å². The first-order valence-electron chi connectivity index (χ1n) is 13.4. The molecule has 1 aliphatic rings.